The highest BCUT2D eigenvalue weighted by molar-refractivity contribution is 6.28. The van der Waals surface area contributed by atoms with E-state index in [9.17, 15) is 28.8 Å². The summed E-state index contributed by atoms with van der Waals surface area (Å²) in [6, 6.07) is 47.9. The Bertz CT molecular complexity index is 3430. The monoisotopic (exact) mass is 999 g/mol. The molecule has 1 N–H and O–H groups in total. The molecule has 0 atom stereocenters. The SMILES string of the molecule is CC(C)(c1ccc(OCCCC(C)(C)N2C(=O)c3ccc(Oc4ccc(C(C)(C)c5ccc(Oc6ccc7c(c6)C(=O)NC7=O)cc5)cc4)cc3C2=O)cc1)c1ccc(Oc2ccc(N3C(=O)C=CC3=O)cc2)cc1. The maximum atomic E-state index is 13.9. The molecule has 13 nitrogen and oxygen atoms in total. The molecule has 6 amide bonds. The number of imide groups is 3. The van der Waals surface area contributed by atoms with E-state index in [4.69, 9.17) is 18.9 Å². The molecule has 0 fully saturated rings. The number of ether oxygens (including phenoxy) is 4. The van der Waals surface area contributed by atoms with Crippen molar-refractivity contribution < 1.29 is 47.7 Å². The molecule has 75 heavy (non-hydrogen) atoms. The fourth-order valence-corrected chi connectivity index (χ4v) is 9.70. The van der Waals surface area contributed by atoms with Gasteiger partial charge in [0.2, 0.25) is 0 Å². The van der Waals surface area contributed by atoms with Crippen LogP contribution in [0.5, 0.6) is 40.2 Å². The van der Waals surface area contributed by atoms with Crippen LogP contribution < -0.4 is 29.2 Å². The molecule has 0 saturated carbocycles. The number of nitrogens with one attached hydrogen (secondary N) is 1. The molecule has 376 valence electrons. The number of carbonyl (C=O) groups excluding carboxylic acids is 6. The van der Waals surface area contributed by atoms with Gasteiger partial charge in [-0.2, -0.15) is 0 Å². The van der Waals surface area contributed by atoms with Crippen molar-refractivity contribution in [2.45, 2.75) is 70.8 Å². The molecule has 0 aromatic heterocycles. The summed E-state index contributed by atoms with van der Waals surface area (Å²) in [7, 11) is 0. The minimum Gasteiger partial charge on any atom is -0.494 e. The molecule has 7 aromatic carbocycles. The first-order valence-corrected chi connectivity index (χ1v) is 24.6. The van der Waals surface area contributed by atoms with Gasteiger partial charge in [0.05, 0.1) is 34.5 Å². The smallest absolute Gasteiger partial charge is 0.262 e. The number of rotatable bonds is 17. The molecule has 0 bridgehead atoms. The van der Waals surface area contributed by atoms with Crippen LogP contribution >= 0.6 is 0 Å². The summed E-state index contributed by atoms with van der Waals surface area (Å²) < 4.78 is 24.4. The van der Waals surface area contributed by atoms with Crippen molar-refractivity contribution in [2.24, 2.45) is 0 Å². The van der Waals surface area contributed by atoms with Gasteiger partial charge in [-0.25, -0.2) is 4.90 Å². The quantitative estimate of drug-likeness (QED) is 0.0687. The summed E-state index contributed by atoms with van der Waals surface area (Å²) in [5.41, 5.74) is 4.51. The topological polar surface area (TPSA) is 158 Å². The third kappa shape index (κ3) is 9.80. The summed E-state index contributed by atoms with van der Waals surface area (Å²) in [5, 5.41) is 2.29. The van der Waals surface area contributed by atoms with Gasteiger partial charge in [-0.05, 0) is 158 Å². The molecule has 0 aliphatic carbocycles. The standard InChI is InChI=1S/C62H53N3O10/c1-60(2,34-7-35-72-43-18-8-38(9-19-43)61(3,4)39-10-20-44(21-11-39)73-47-26-16-42(17-27-47)64-54(66)32-33-55(64)67)65-58(70)51-31-29-49(37-53(51)59(65)71)75-46-24-14-41(15-25-46)62(5,6)40-12-22-45(23-13-40)74-48-28-30-50-52(36-48)57(69)63-56(50)68/h8-33,36-37H,7,34-35H2,1-6H3,(H,63,68,69). The number of fused-ring (bicyclic) bond motifs is 2. The molecule has 3 aliphatic rings. The summed E-state index contributed by atoms with van der Waals surface area (Å²) >= 11 is 0. The van der Waals surface area contributed by atoms with Crippen molar-refractivity contribution in [1.82, 2.24) is 10.2 Å². The van der Waals surface area contributed by atoms with Crippen molar-refractivity contribution in [2.75, 3.05) is 11.5 Å². The Hall–Kier alpha value is -9.10. The highest BCUT2D eigenvalue weighted by atomic mass is 16.5. The number of hydrogen-bond donors (Lipinski definition) is 1. The zero-order valence-corrected chi connectivity index (χ0v) is 42.3. The van der Waals surface area contributed by atoms with Gasteiger partial charge in [0.15, 0.2) is 0 Å². The Morgan fingerprint density at radius 1 is 0.413 bits per heavy atom. The first kappa shape index (κ1) is 49.5. The number of amides is 6. The summed E-state index contributed by atoms with van der Waals surface area (Å²) in [5.74, 6) is 1.69. The third-order valence-electron chi connectivity index (χ3n) is 14.3. The highest BCUT2D eigenvalue weighted by Gasteiger charge is 2.44. The van der Waals surface area contributed by atoms with E-state index in [0.717, 1.165) is 27.2 Å². The van der Waals surface area contributed by atoms with Gasteiger partial charge in [-0.1, -0.05) is 76.2 Å². The molecule has 10 rings (SSSR count). The van der Waals surface area contributed by atoms with Gasteiger partial charge in [0, 0.05) is 28.5 Å². The van der Waals surface area contributed by atoms with Crippen LogP contribution in [0.25, 0.3) is 0 Å². The van der Waals surface area contributed by atoms with E-state index in [0.29, 0.717) is 87.6 Å². The van der Waals surface area contributed by atoms with Gasteiger partial charge in [0.25, 0.3) is 35.4 Å². The summed E-state index contributed by atoms with van der Waals surface area (Å²) in [6.45, 7) is 12.7. The third-order valence-corrected chi connectivity index (χ3v) is 14.3. The normalized spacial score (nSPS) is 14.3. The minimum absolute atomic E-state index is 0.291. The number of benzene rings is 7. The molecular formula is C62H53N3O10. The van der Waals surface area contributed by atoms with Crippen LogP contribution in [0, 0.1) is 0 Å². The number of hydrogen-bond acceptors (Lipinski definition) is 10. The number of anilines is 1. The van der Waals surface area contributed by atoms with Crippen LogP contribution in [-0.4, -0.2) is 52.5 Å². The van der Waals surface area contributed by atoms with E-state index in [1.165, 1.54) is 17.1 Å². The molecule has 7 aromatic rings. The molecular weight excluding hydrogens is 947 g/mol. The lowest BCUT2D eigenvalue weighted by Crippen LogP contribution is -2.47. The van der Waals surface area contributed by atoms with Gasteiger partial charge >= 0.3 is 0 Å². The second kappa shape index (κ2) is 19.4. The summed E-state index contributed by atoms with van der Waals surface area (Å²) in [4.78, 5) is 78.2. The fraction of sp³-hybridized carbons (Fsp3) is 0.194. The van der Waals surface area contributed by atoms with Crippen molar-refractivity contribution in [3.05, 3.63) is 214 Å². The molecule has 13 heteroatoms. The predicted molar refractivity (Wildman–Crippen MR) is 282 cm³/mol. The van der Waals surface area contributed by atoms with E-state index in [2.05, 4.69) is 45.1 Å². The van der Waals surface area contributed by atoms with E-state index in [-0.39, 0.29) is 34.5 Å². The maximum absolute atomic E-state index is 13.9. The van der Waals surface area contributed by atoms with Gasteiger partial charge in [-0.3, -0.25) is 39.0 Å². The average molecular weight is 1000 g/mol. The Labute approximate surface area is 434 Å². The van der Waals surface area contributed by atoms with Gasteiger partial charge in [0.1, 0.15) is 40.2 Å². The van der Waals surface area contributed by atoms with Crippen molar-refractivity contribution in [3.63, 3.8) is 0 Å². The van der Waals surface area contributed by atoms with Crippen LogP contribution in [0.3, 0.4) is 0 Å². The summed E-state index contributed by atoms with van der Waals surface area (Å²) in [6.07, 6.45) is 3.63. The average Bonchev–Trinajstić information content (AvgIpc) is 4.01. The van der Waals surface area contributed by atoms with E-state index in [1.807, 2.05) is 98.8 Å². The van der Waals surface area contributed by atoms with Gasteiger partial charge in [-0.15, -0.1) is 0 Å². The van der Waals surface area contributed by atoms with Crippen molar-refractivity contribution >= 4 is 41.1 Å². The first-order valence-electron chi connectivity index (χ1n) is 24.6. The Balaban J connectivity index is 0.696. The van der Waals surface area contributed by atoms with E-state index < -0.39 is 17.4 Å². The Morgan fingerprint density at radius 3 is 1.27 bits per heavy atom. The van der Waals surface area contributed by atoms with Crippen LogP contribution in [0.4, 0.5) is 5.69 Å². The lowest BCUT2D eigenvalue weighted by molar-refractivity contribution is -0.120. The Morgan fingerprint density at radius 2 is 0.787 bits per heavy atom. The molecule has 3 heterocycles. The predicted octanol–water partition coefficient (Wildman–Crippen LogP) is 12.3. The molecule has 0 spiro atoms. The molecule has 3 aliphatic heterocycles. The number of nitrogens with zero attached hydrogens (tertiary/aromatic N) is 2. The van der Waals surface area contributed by atoms with Crippen molar-refractivity contribution in [3.8, 4) is 40.2 Å². The van der Waals surface area contributed by atoms with Crippen molar-refractivity contribution in [1.29, 1.82) is 0 Å². The second-order valence-corrected chi connectivity index (χ2v) is 20.4. The lowest BCUT2D eigenvalue weighted by atomic mass is 9.78. The molecule has 0 unspecified atom stereocenters. The molecule has 0 saturated heterocycles. The second-order valence-electron chi connectivity index (χ2n) is 20.4. The van der Waals surface area contributed by atoms with Crippen LogP contribution in [-0.2, 0) is 20.4 Å². The van der Waals surface area contributed by atoms with E-state index in [1.54, 1.807) is 60.7 Å². The Kier molecular flexibility index (Phi) is 12.8. The zero-order chi connectivity index (χ0) is 52.8. The van der Waals surface area contributed by atoms with Crippen LogP contribution in [0.1, 0.15) is 118 Å². The number of carbonyl (C=O) groups is 6. The highest BCUT2D eigenvalue weighted by Crippen LogP contribution is 2.39. The molecule has 0 radical (unpaired) electrons. The largest absolute Gasteiger partial charge is 0.494 e. The van der Waals surface area contributed by atoms with Crippen LogP contribution in [0.15, 0.2) is 170 Å². The maximum Gasteiger partial charge on any atom is 0.262 e. The minimum atomic E-state index is -0.786. The van der Waals surface area contributed by atoms with Gasteiger partial charge < -0.3 is 18.9 Å². The fourth-order valence-electron chi connectivity index (χ4n) is 9.70. The zero-order valence-electron chi connectivity index (χ0n) is 42.3. The first-order chi connectivity index (χ1) is 35.8. The lowest BCUT2D eigenvalue weighted by Gasteiger charge is -2.34. The van der Waals surface area contributed by atoms with E-state index >= 15 is 0 Å². The van der Waals surface area contributed by atoms with Crippen LogP contribution in [0.2, 0.25) is 0 Å².